The molecule has 11 heteroatoms. The number of rotatable bonds is 7. The van der Waals surface area contributed by atoms with Gasteiger partial charge in [0, 0.05) is 42.4 Å². The first-order valence-corrected chi connectivity index (χ1v) is 15.1. The van der Waals surface area contributed by atoms with Gasteiger partial charge in [-0.15, -0.1) is 0 Å². The van der Waals surface area contributed by atoms with Crippen molar-refractivity contribution >= 4 is 25.7 Å². The van der Waals surface area contributed by atoms with Crippen molar-refractivity contribution in [1.29, 1.82) is 0 Å². The second-order valence-electron chi connectivity index (χ2n) is 9.39. The second kappa shape index (κ2) is 9.97. The molecule has 0 spiro atoms. The molecule has 0 aliphatic carbocycles. The minimum atomic E-state index is -4.05. The summed E-state index contributed by atoms with van der Waals surface area (Å²) in [7, 11) is -7.91. The molecule has 3 heterocycles. The zero-order chi connectivity index (χ0) is 27.1. The SMILES string of the molecule is CC(Cc1cc(-c2ccccc2F)n(S(=O)(=O)c2cccnc2)c1)N1CCCc2ccc(S(N)(=O)=O)cc21. The Labute approximate surface area is 221 Å². The largest absolute Gasteiger partial charge is 0.368 e. The summed E-state index contributed by atoms with van der Waals surface area (Å²) in [6.45, 7) is 2.70. The molecular formula is C27H27FN4O4S2. The number of fused-ring (bicyclic) bond motifs is 1. The molecule has 38 heavy (non-hydrogen) atoms. The van der Waals surface area contributed by atoms with Crippen LogP contribution in [-0.4, -0.2) is 38.4 Å². The Bertz CT molecular complexity index is 1700. The Hall–Kier alpha value is -3.54. The van der Waals surface area contributed by atoms with Gasteiger partial charge < -0.3 is 4.90 Å². The minimum absolute atomic E-state index is 0.00623. The van der Waals surface area contributed by atoms with Crippen molar-refractivity contribution in [3.8, 4) is 11.3 Å². The number of hydrogen-bond acceptors (Lipinski definition) is 6. The summed E-state index contributed by atoms with van der Waals surface area (Å²) in [6, 6.07) is 15.5. The summed E-state index contributed by atoms with van der Waals surface area (Å²) in [5.41, 5.74) is 2.90. The van der Waals surface area contributed by atoms with Crippen LogP contribution < -0.4 is 10.0 Å². The van der Waals surface area contributed by atoms with E-state index in [4.69, 9.17) is 5.14 Å². The molecule has 5 rings (SSSR count). The van der Waals surface area contributed by atoms with Gasteiger partial charge in [-0.05, 0) is 79.8 Å². The second-order valence-corrected chi connectivity index (χ2v) is 12.8. The highest BCUT2D eigenvalue weighted by molar-refractivity contribution is 7.90. The van der Waals surface area contributed by atoms with E-state index >= 15 is 0 Å². The van der Waals surface area contributed by atoms with E-state index in [0.717, 1.165) is 28.1 Å². The maximum absolute atomic E-state index is 14.8. The van der Waals surface area contributed by atoms with Gasteiger partial charge in [-0.1, -0.05) is 18.2 Å². The number of primary sulfonamides is 1. The van der Waals surface area contributed by atoms with Crippen LogP contribution in [0.25, 0.3) is 11.3 Å². The number of anilines is 1. The molecule has 198 valence electrons. The standard InChI is InChI=1S/C27H27FN4O4S2/c1-19(31-13-5-6-21-10-11-22(16-26(21)31)37(29,33)34)14-20-15-27(24-8-2-3-9-25(24)28)32(18-20)38(35,36)23-7-4-12-30-17-23/h2-4,7-12,15-19H,5-6,13-14H2,1H3,(H2,29,33,34). The van der Waals surface area contributed by atoms with Crippen LogP contribution in [0, 0.1) is 5.82 Å². The molecule has 0 saturated heterocycles. The Morgan fingerprint density at radius 1 is 1.03 bits per heavy atom. The van der Waals surface area contributed by atoms with E-state index in [0.29, 0.717) is 18.5 Å². The van der Waals surface area contributed by atoms with Gasteiger partial charge in [0.25, 0.3) is 10.0 Å². The van der Waals surface area contributed by atoms with E-state index in [-0.39, 0.29) is 27.1 Å². The fraction of sp³-hybridized carbons (Fsp3) is 0.222. The molecule has 2 aromatic carbocycles. The first-order valence-electron chi connectivity index (χ1n) is 12.1. The van der Waals surface area contributed by atoms with E-state index < -0.39 is 25.9 Å². The molecule has 0 amide bonds. The predicted molar refractivity (Wildman–Crippen MR) is 143 cm³/mol. The van der Waals surface area contributed by atoms with Crippen LogP contribution in [0.15, 0.2) is 89.0 Å². The van der Waals surface area contributed by atoms with Crippen molar-refractivity contribution in [1.82, 2.24) is 8.96 Å². The lowest BCUT2D eigenvalue weighted by Crippen LogP contribution is -2.38. The van der Waals surface area contributed by atoms with Gasteiger partial charge in [0.05, 0.1) is 10.6 Å². The molecule has 1 aliphatic rings. The first kappa shape index (κ1) is 26.1. The number of nitrogens with zero attached hydrogens (tertiary/aromatic N) is 3. The zero-order valence-corrected chi connectivity index (χ0v) is 22.3. The third-order valence-electron chi connectivity index (χ3n) is 6.79. The van der Waals surface area contributed by atoms with Crippen LogP contribution in [0.3, 0.4) is 0 Å². The van der Waals surface area contributed by atoms with E-state index in [1.165, 1.54) is 42.9 Å². The fourth-order valence-corrected chi connectivity index (χ4v) is 6.84. The molecule has 0 radical (unpaired) electrons. The number of pyridine rings is 1. The monoisotopic (exact) mass is 554 g/mol. The van der Waals surface area contributed by atoms with Crippen molar-refractivity contribution in [3.05, 3.63) is 96.2 Å². The number of halogens is 1. The molecule has 8 nitrogen and oxygen atoms in total. The summed E-state index contributed by atoms with van der Waals surface area (Å²) >= 11 is 0. The van der Waals surface area contributed by atoms with Crippen molar-refractivity contribution in [2.45, 2.75) is 42.0 Å². The molecule has 4 aromatic rings. The molecule has 1 aliphatic heterocycles. The summed E-state index contributed by atoms with van der Waals surface area (Å²) in [6.07, 6.45) is 6.42. The zero-order valence-electron chi connectivity index (χ0n) is 20.7. The van der Waals surface area contributed by atoms with Crippen molar-refractivity contribution in [3.63, 3.8) is 0 Å². The first-order chi connectivity index (χ1) is 18.1. The van der Waals surface area contributed by atoms with Gasteiger partial charge in [-0.25, -0.2) is 30.3 Å². The molecule has 1 unspecified atom stereocenters. The minimum Gasteiger partial charge on any atom is -0.368 e. The van der Waals surface area contributed by atoms with Crippen LogP contribution >= 0.6 is 0 Å². The van der Waals surface area contributed by atoms with Gasteiger partial charge in [0.15, 0.2) is 0 Å². The molecule has 0 fully saturated rings. The highest BCUT2D eigenvalue weighted by Crippen LogP contribution is 2.33. The molecule has 0 saturated carbocycles. The maximum Gasteiger partial charge on any atom is 0.269 e. The number of sulfonamides is 1. The Morgan fingerprint density at radius 2 is 1.82 bits per heavy atom. The molecular weight excluding hydrogens is 527 g/mol. The lowest BCUT2D eigenvalue weighted by atomic mass is 9.98. The normalized spacial score (nSPS) is 14.8. The van der Waals surface area contributed by atoms with Gasteiger partial charge in [0.2, 0.25) is 10.0 Å². The summed E-state index contributed by atoms with van der Waals surface area (Å²) in [5, 5.41) is 5.37. The molecule has 0 bridgehead atoms. The number of benzene rings is 2. The quantitative estimate of drug-likeness (QED) is 0.370. The van der Waals surface area contributed by atoms with Crippen LogP contribution in [0.2, 0.25) is 0 Å². The van der Waals surface area contributed by atoms with Gasteiger partial charge in [0.1, 0.15) is 10.7 Å². The van der Waals surface area contributed by atoms with Crippen LogP contribution in [0.4, 0.5) is 10.1 Å². The Balaban J connectivity index is 1.55. The number of nitrogens with two attached hydrogens (primary N) is 1. The van der Waals surface area contributed by atoms with Crippen molar-refractivity contribution in [2.75, 3.05) is 11.4 Å². The van der Waals surface area contributed by atoms with Gasteiger partial charge in [-0.2, -0.15) is 0 Å². The van der Waals surface area contributed by atoms with Crippen molar-refractivity contribution < 1.29 is 21.2 Å². The average Bonchev–Trinajstić information content (AvgIpc) is 3.32. The highest BCUT2D eigenvalue weighted by atomic mass is 32.2. The summed E-state index contributed by atoms with van der Waals surface area (Å²) < 4.78 is 67.0. The molecule has 2 aromatic heterocycles. The smallest absolute Gasteiger partial charge is 0.269 e. The Kier molecular flexibility index (Phi) is 6.84. The average molecular weight is 555 g/mol. The lowest BCUT2D eigenvalue weighted by molar-refractivity contribution is 0.583. The third-order valence-corrected chi connectivity index (χ3v) is 9.35. The lowest BCUT2D eigenvalue weighted by Gasteiger charge is -2.36. The number of aromatic nitrogens is 2. The molecule has 2 N–H and O–H groups in total. The highest BCUT2D eigenvalue weighted by Gasteiger charge is 2.27. The maximum atomic E-state index is 14.8. The van der Waals surface area contributed by atoms with E-state index in [9.17, 15) is 21.2 Å². The fourth-order valence-electron chi connectivity index (χ4n) is 4.95. The van der Waals surface area contributed by atoms with E-state index in [1.807, 2.05) is 6.92 Å². The van der Waals surface area contributed by atoms with Crippen LogP contribution in [0.1, 0.15) is 24.5 Å². The van der Waals surface area contributed by atoms with Crippen LogP contribution in [0.5, 0.6) is 0 Å². The number of aryl methyl sites for hydroxylation is 1. The van der Waals surface area contributed by atoms with Crippen molar-refractivity contribution in [2.24, 2.45) is 5.14 Å². The molecule has 1 atom stereocenters. The van der Waals surface area contributed by atoms with Gasteiger partial charge in [-0.3, -0.25) is 4.98 Å². The van der Waals surface area contributed by atoms with Crippen LogP contribution in [-0.2, 0) is 32.9 Å². The third kappa shape index (κ3) is 4.96. The number of hydrogen-bond donors (Lipinski definition) is 1. The summed E-state index contributed by atoms with van der Waals surface area (Å²) in [4.78, 5) is 6.09. The van der Waals surface area contributed by atoms with E-state index in [1.54, 1.807) is 36.4 Å². The topological polar surface area (TPSA) is 115 Å². The Morgan fingerprint density at radius 3 is 2.53 bits per heavy atom. The predicted octanol–water partition coefficient (Wildman–Crippen LogP) is 3.96. The van der Waals surface area contributed by atoms with Gasteiger partial charge >= 0.3 is 0 Å². The van der Waals surface area contributed by atoms with E-state index in [2.05, 4.69) is 9.88 Å². The summed E-state index contributed by atoms with van der Waals surface area (Å²) in [5.74, 6) is -0.534.